The molecule has 0 bridgehead atoms. The summed E-state index contributed by atoms with van der Waals surface area (Å²) >= 11 is 3.62. The summed E-state index contributed by atoms with van der Waals surface area (Å²) in [6.07, 6.45) is 0. The molecular weight excluding hydrogens is 1200 g/mol. The molecule has 442 valence electrons. The number of hydrogen-bond acceptors (Lipinski definition) is 8. The standard InChI is InChI=1S/C84H49N9S2/c1-4-22-50(23-5-1)53-42-43-60-61-44-45-72-75(63-35-13-18-40-70(63)94-72)77(61)93(69(60)48-53)84-88-79(51-24-6-2-7-25-51)85-81(89-84)55-29-20-28-54(46-55)65-49-73-76(64-36-14-19-41-71(64)95-73)78-74(65)62-34-12-17-39-68(62)92(78)83-87-80(52-26-8-3-9-27-52)86-82(90-83)56-30-21-31-57(47-56)91-66-37-15-10-32-58(66)59-33-11-16-38-67(59)91/h1-49H. The minimum atomic E-state index is 0.518. The maximum absolute atomic E-state index is 5.65. The van der Waals surface area contributed by atoms with Crippen molar-refractivity contribution in [1.29, 1.82) is 0 Å². The van der Waals surface area contributed by atoms with Crippen molar-refractivity contribution in [3.05, 3.63) is 297 Å². The molecule has 0 aliphatic heterocycles. The molecule has 0 saturated heterocycles. The summed E-state index contributed by atoms with van der Waals surface area (Å²) in [5.41, 5.74) is 15.2. The van der Waals surface area contributed by atoms with Gasteiger partial charge in [0.2, 0.25) is 11.9 Å². The Morgan fingerprint density at radius 2 is 0.663 bits per heavy atom. The van der Waals surface area contributed by atoms with Gasteiger partial charge in [-0.05, 0) is 89.0 Å². The van der Waals surface area contributed by atoms with E-state index in [4.69, 9.17) is 29.9 Å². The van der Waals surface area contributed by atoms with Gasteiger partial charge in [-0.25, -0.2) is 9.97 Å². The van der Waals surface area contributed by atoms with Gasteiger partial charge in [0.15, 0.2) is 23.3 Å². The normalized spacial score (nSPS) is 12.0. The molecule has 0 aliphatic rings. The first kappa shape index (κ1) is 53.4. The molecule has 13 aromatic carbocycles. The molecule has 0 unspecified atom stereocenters. The fraction of sp³-hybridized carbons (Fsp3) is 0. The Hall–Kier alpha value is -12.3. The molecular formula is C84H49N9S2. The fourth-order valence-corrected chi connectivity index (χ4v) is 16.8. The van der Waals surface area contributed by atoms with Gasteiger partial charge >= 0.3 is 0 Å². The number of para-hydroxylation sites is 3. The smallest absolute Gasteiger partial charge is 0.238 e. The molecule has 9 nitrogen and oxygen atoms in total. The van der Waals surface area contributed by atoms with Gasteiger partial charge in [0.25, 0.3) is 0 Å². The molecule has 0 spiro atoms. The van der Waals surface area contributed by atoms with Crippen LogP contribution in [0.4, 0.5) is 0 Å². The average molecular weight is 1250 g/mol. The largest absolute Gasteiger partial charge is 0.309 e. The van der Waals surface area contributed by atoms with Gasteiger partial charge in [-0.15, -0.1) is 22.7 Å². The maximum atomic E-state index is 5.65. The van der Waals surface area contributed by atoms with Crippen LogP contribution in [0.15, 0.2) is 297 Å². The van der Waals surface area contributed by atoms with E-state index in [-0.39, 0.29) is 0 Å². The first-order valence-corrected chi connectivity index (χ1v) is 33.4. The zero-order valence-electron chi connectivity index (χ0n) is 50.6. The van der Waals surface area contributed by atoms with Crippen molar-refractivity contribution < 1.29 is 0 Å². The first-order chi connectivity index (χ1) is 47.1. The van der Waals surface area contributed by atoms with Gasteiger partial charge in [-0.3, -0.25) is 9.13 Å². The van der Waals surface area contributed by atoms with Crippen LogP contribution >= 0.6 is 22.7 Å². The van der Waals surface area contributed by atoms with E-state index in [1.165, 1.54) is 35.6 Å². The molecule has 11 heteroatoms. The number of benzene rings is 13. The zero-order chi connectivity index (χ0) is 62.2. The van der Waals surface area contributed by atoms with Crippen LogP contribution in [0.2, 0.25) is 0 Å². The van der Waals surface area contributed by atoms with Gasteiger partial charge < -0.3 is 4.57 Å². The third-order valence-corrected chi connectivity index (χ3v) is 21.0. The summed E-state index contributed by atoms with van der Waals surface area (Å²) in [6, 6.07) is 106. The number of nitrogens with zero attached hydrogens (tertiary/aromatic N) is 9. The Balaban J connectivity index is 0.821. The number of thiophene rings is 2. The second-order valence-electron chi connectivity index (χ2n) is 24.1. The van der Waals surface area contributed by atoms with E-state index in [0.717, 1.165) is 120 Å². The Morgan fingerprint density at radius 3 is 1.28 bits per heavy atom. The molecule has 0 aliphatic carbocycles. The lowest BCUT2D eigenvalue weighted by Crippen LogP contribution is -2.07. The molecule has 0 atom stereocenters. The van der Waals surface area contributed by atoms with Crippen LogP contribution in [0, 0.1) is 0 Å². The zero-order valence-corrected chi connectivity index (χ0v) is 52.3. The number of hydrogen-bond donors (Lipinski definition) is 0. The molecule has 7 aromatic heterocycles. The van der Waals surface area contributed by atoms with Crippen molar-refractivity contribution in [3.8, 4) is 85.4 Å². The Labute approximate surface area is 551 Å². The molecule has 7 heterocycles. The van der Waals surface area contributed by atoms with Crippen LogP contribution in [0.1, 0.15) is 0 Å². The van der Waals surface area contributed by atoms with E-state index < -0.39 is 0 Å². The lowest BCUT2D eigenvalue weighted by molar-refractivity contribution is 0.955. The monoisotopic (exact) mass is 1250 g/mol. The quantitative estimate of drug-likeness (QED) is 0.143. The van der Waals surface area contributed by atoms with Gasteiger partial charge in [-0.1, -0.05) is 231 Å². The van der Waals surface area contributed by atoms with Crippen LogP contribution in [0.3, 0.4) is 0 Å². The summed E-state index contributed by atoms with van der Waals surface area (Å²) in [5.74, 6) is 3.33. The number of rotatable bonds is 9. The topological polar surface area (TPSA) is 92.1 Å². The Kier molecular flexibility index (Phi) is 11.9. The van der Waals surface area contributed by atoms with Gasteiger partial charge in [-0.2, -0.15) is 19.9 Å². The number of aromatic nitrogens is 9. The minimum Gasteiger partial charge on any atom is -0.309 e. The molecule has 0 amide bonds. The molecule has 0 radical (unpaired) electrons. The molecule has 20 rings (SSSR count). The second kappa shape index (κ2) is 21.1. The highest BCUT2D eigenvalue weighted by atomic mass is 32.1. The predicted molar refractivity (Wildman–Crippen MR) is 395 cm³/mol. The van der Waals surface area contributed by atoms with Gasteiger partial charge in [0.05, 0.1) is 33.1 Å². The lowest BCUT2D eigenvalue weighted by atomic mass is 9.95. The van der Waals surface area contributed by atoms with Crippen molar-refractivity contribution in [1.82, 2.24) is 43.6 Å². The second-order valence-corrected chi connectivity index (χ2v) is 26.3. The predicted octanol–water partition coefficient (Wildman–Crippen LogP) is 22.1. The third kappa shape index (κ3) is 8.40. The Morgan fingerprint density at radius 1 is 0.221 bits per heavy atom. The third-order valence-electron chi connectivity index (χ3n) is 18.7. The molecule has 0 N–H and O–H groups in total. The van der Waals surface area contributed by atoms with E-state index >= 15 is 0 Å². The van der Waals surface area contributed by atoms with Gasteiger partial charge in [0.1, 0.15) is 0 Å². The Bertz CT molecular complexity index is 6490. The van der Waals surface area contributed by atoms with Crippen LogP contribution in [-0.4, -0.2) is 43.6 Å². The molecule has 95 heavy (non-hydrogen) atoms. The van der Waals surface area contributed by atoms with Crippen LogP contribution in [-0.2, 0) is 0 Å². The minimum absolute atomic E-state index is 0.518. The van der Waals surface area contributed by atoms with Crippen LogP contribution in [0.25, 0.3) is 191 Å². The highest BCUT2D eigenvalue weighted by Gasteiger charge is 2.27. The van der Waals surface area contributed by atoms with Crippen molar-refractivity contribution >= 4 is 128 Å². The maximum Gasteiger partial charge on any atom is 0.238 e. The van der Waals surface area contributed by atoms with Crippen molar-refractivity contribution in [2.75, 3.05) is 0 Å². The highest BCUT2D eigenvalue weighted by Crippen LogP contribution is 2.49. The number of fused-ring (bicyclic) bond motifs is 17. The first-order valence-electron chi connectivity index (χ1n) is 31.7. The van der Waals surface area contributed by atoms with E-state index in [2.05, 4.69) is 275 Å². The summed E-state index contributed by atoms with van der Waals surface area (Å²) in [5, 5.41) is 11.5. The van der Waals surface area contributed by atoms with Crippen molar-refractivity contribution in [2.45, 2.75) is 0 Å². The summed E-state index contributed by atoms with van der Waals surface area (Å²) in [7, 11) is 0. The fourth-order valence-electron chi connectivity index (χ4n) is 14.6. The lowest BCUT2D eigenvalue weighted by Gasteiger charge is -2.14. The SMILES string of the molecule is c1ccc(-c2ccc3c4ccc5sc6ccccc6c5c4n(-c4nc(-c5ccccc5)nc(-c5cccc(-c6cc7sc8ccccc8c7c7c6c6ccccc6n7-c6nc(-c7ccccc7)nc(-c7cccc(-n8c9ccccc9c9ccccc98)c7)n6)c5)n4)c3c2)cc1. The summed E-state index contributed by atoms with van der Waals surface area (Å²) < 4.78 is 11.7. The molecule has 20 aromatic rings. The van der Waals surface area contributed by atoms with Gasteiger partial charge in [0, 0.05) is 101 Å². The highest BCUT2D eigenvalue weighted by molar-refractivity contribution is 7.26. The van der Waals surface area contributed by atoms with Crippen molar-refractivity contribution in [2.24, 2.45) is 0 Å². The molecule has 0 fully saturated rings. The summed E-state index contributed by atoms with van der Waals surface area (Å²) in [4.78, 5) is 33.1. The van der Waals surface area contributed by atoms with E-state index in [1.54, 1.807) is 11.3 Å². The van der Waals surface area contributed by atoms with E-state index in [1.807, 2.05) is 47.7 Å². The van der Waals surface area contributed by atoms with E-state index in [0.29, 0.717) is 35.2 Å². The average Bonchev–Trinajstić information content (AvgIpc) is 1.56. The summed E-state index contributed by atoms with van der Waals surface area (Å²) in [6.45, 7) is 0. The van der Waals surface area contributed by atoms with E-state index in [9.17, 15) is 0 Å². The van der Waals surface area contributed by atoms with Crippen LogP contribution in [0.5, 0.6) is 0 Å². The molecule has 0 saturated carbocycles. The van der Waals surface area contributed by atoms with Crippen molar-refractivity contribution in [3.63, 3.8) is 0 Å². The van der Waals surface area contributed by atoms with Crippen LogP contribution < -0.4 is 0 Å².